The number of carboxylic acid groups (broad SMARTS) is 1. The molecule has 110 valence electrons. The van der Waals surface area contributed by atoms with E-state index in [1.54, 1.807) is 0 Å². The van der Waals surface area contributed by atoms with Crippen LogP contribution in [0.5, 0.6) is 0 Å². The van der Waals surface area contributed by atoms with Crippen LogP contribution in [-0.4, -0.2) is 34.9 Å². The average Bonchev–Trinajstić information content (AvgIpc) is 2.38. The quantitative estimate of drug-likeness (QED) is 0.470. The molecule has 0 aromatic heterocycles. The number of aliphatic hydroxyl groups is 1. The van der Waals surface area contributed by atoms with Gasteiger partial charge in [-0.25, -0.2) is 9.59 Å². The van der Waals surface area contributed by atoms with Gasteiger partial charge >= 0.3 is 11.9 Å². The summed E-state index contributed by atoms with van der Waals surface area (Å²) >= 11 is 0. The summed E-state index contributed by atoms with van der Waals surface area (Å²) in [6.45, 7) is 4.11. The van der Waals surface area contributed by atoms with E-state index in [2.05, 4.69) is 13.8 Å². The van der Waals surface area contributed by atoms with Gasteiger partial charge in [-0.3, -0.25) is 0 Å². The zero-order valence-electron chi connectivity index (χ0n) is 11.7. The Balaban J connectivity index is 3.92. The number of hydrogen-bond donors (Lipinski definition) is 2. The summed E-state index contributed by atoms with van der Waals surface area (Å²) < 4.78 is 4.76. The number of carbonyl (C=O) groups is 2. The van der Waals surface area contributed by atoms with Crippen LogP contribution in [-0.2, 0) is 14.3 Å². The predicted octanol–water partition coefficient (Wildman–Crippen LogP) is 2.14. The number of hydrogen-bond acceptors (Lipinski definition) is 4. The van der Waals surface area contributed by atoms with E-state index in [1.165, 1.54) is 0 Å². The Morgan fingerprint density at radius 2 is 1.95 bits per heavy atom. The number of ether oxygens (including phenoxy) is 1. The standard InChI is InChI=1S/C14H24O5/c1-3-5-6-11(4-2)9-12(15)10-19-14(18)8-7-13(16)17/h7-8,11-12,15H,3-6,9-10H2,1-2H3,(H,16,17). The van der Waals surface area contributed by atoms with Gasteiger partial charge in [0.2, 0.25) is 0 Å². The van der Waals surface area contributed by atoms with Gasteiger partial charge in [0, 0.05) is 12.2 Å². The van der Waals surface area contributed by atoms with E-state index < -0.39 is 18.0 Å². The number of unbranched alkanes of at least 4 members (excludes halogenated alkanes) is 1. The van der Waals surface area contributed by atoms with Gasteiger partial charge in [0.25, 0.3) is 0 Å². The second-order valence-electron chi connectivity index (χ2n) is 4.61. The fraction of sp³-hybridized carbons (Fsp3) is 0.714. The second-order valence-corrected chi connectivity index (χ2v) is 4.61. The third kappa shape index (κ3) is 10.3. The third-order valence-electron chi connectivity index (χ3n) is 2.93. The first-order valence-corrected chi connectivity index (χ1v) is 6.75. The zero-order valence-corrected chi connectivity index (χ0v) is 11.7. The van der Waals surface area contributed by atoms with Crippen molar-refractivity contribution in [3.05, 3.63) is 12.2 Å². The predicted molar refractivity (Wildman–Crippen MR) is 71.7 cm³/mol. The smallest absolute Gasteiger partial charge is 0.331 e. The van der Waals surface area contributed by atoms with Crippen LogP contribution in [0, 0.1) is 5.92 Å². The Labute approximate surface area is 114 Å². The lowest BCUT2D eigenvalue weighted by Crippen LogP contribution is -2.21. The molecule has 0 aliphatic heterocycles. The summed E-state index contributed by atoms with van der Waals surface area (Å²) in [5.74, 6) is -1.52. The molecule has 0 aromatic rings. The van der Waals surface area contributed by atoms with Crippen molar-refractivity contribution >= 4 is 11.9 Å². The van der Waals surface area contributed by atoms with Crippen molar-refractivity contribution in [1.82, 2.24) is 0 Å². The number of aliphatic carboxylic acids is 1. The highest BCUT2D eigenvalue weighted by Gasteiger charge is 2.14. The minimum atomic E-state index is -1.21. The van der Waals surface area contributed by atoms with Crippen LogP contribution in [0.2, 0.25) is 0 Å². The number of carboxylic acids is 1. The Kier molecular flexibility index (Phi) is 9.80. The van der Waals surface area contributed by atoms with Gasteiger partial charge < -0.3 is 14.9 Å². The first-order valence-electron chi connectivity index (χ1n) is 6.75. The monoisotopic (exact) mass is 272 g/mol. The van der Waals surface area contributed by atoms with Crippen molar-refractivity contribution in [1.29, 1.82) is 0 Å². The van der Waals surface area contributed by atoms with Crippen molar-refractivity contribution in [3.63, 3.8) is 0 Å². The van der Waals surface area contributed by atoms with E-state index in [9.17, 15) is 14.7 Å². The average molecular weight is 272 g/mol. The van der Waals surface area contributed by atoms with Crippen molar-refractivity contribution in [2.75, 3.05) is 6.61 Å². The molecule has 2 unspecified atom stereocenters. The fourth-order valence-corrected chi connectivity index (χ4v) is 1.80. The summed E-state index contributed by atoms with van der Waals surface area (Å²) in [5.41, 5.74) is 0. The minimum Gasteiger partial charge on any atom is -0.478 e. The molecule has 0 rings (SSSR count). The van der Waals surface area contributed by atoms with Crippen molar-refractivity contribution in [3.8, 4) is 0 Å². The lowest BCUT2D eigenvalue weighted by molar-refractivity contribution is -0.141. The van der Waals surface area contributed by atoms with E-state index >= 15 is 0 Å². The van der Waals surface area contributed by atoms with Crippen molar-refractivity contribution in [2.45, 2.75) is 52.1 Å². The van der Waals surface area contributed by atoms with Crippen LogP contribution in [0.1, 0.15) is 46.0 Å². The Morgan fingerprint density at radius 1 is 1.26 bits per heavy atom. The summed E-state index contributed by atoms with van der Waals surface area (Å²) in [5, 5.41) is 18.1. The lowest BCUT2D eigenvalue weighted by atomic mass is 9.93. The first-order chi connectivity index (χ1) is 8.99. The lowest BCUT2D eigenvalue weighted by Gasteiger charge is -2.18. The SMILES string of the molecule is CCCCC(CC)CC(O)COC(=O)C=CC(=O)O. The molecule has 2 N–H and O–H groups in total. The third-order valence-corrected chi connectivity index (χ3v) is 2.93. The molecule has 0 heterocycles. The highest BCUT2D eigenvalue weighted by atomic mass is 16.5. The van der Waals surface area contributed by atoms with Gasteiger partial charge in [-0.1, -0.05) is 39.5 Å². The minimum absolute atomic E-state index is 0.0918. The molecule has 5 nitrogen and oxygen atoms in total. The number of aliphatic hydroxyl groups excluding tert-OH is 1. The van der Waals surface area contributed by atoms with Gasteiger partial charge in [-0.15, -0.1) is 0 Å². The van der Waals surface area contributed by atoms with Gasteiger partial charge in [-0.2, -0.15) is 0 Å². The molecule has 2 atom stereocenters. The molecule has 0 spiro atoms. The summed E-state index contributed by atoms with van der Waals surface area (Å²) in [4.78, 5) is 21.3. The molecule has 0 aromatic carbocycles. The van der Waals surface area contributed by atoms with Gasteiger partial charge in [-0.05, 0) is 12.3 Å². The Hall–Kier alpha value is -1.36. The molecule has 0 aliphatic rings. The van der Waals surface area contributed by atoms with E-state index in [4.69, 9.17) is 9.84 Å². The maximum absolute atomic E-state index is 11.1. The molecule has 0 fully saturated rings. The normalized spacial score (nSPS) is 14.3. The molecule has 0 saturated carbocycles. The summed E-state index contributed by atoms with van der Waals surface area (Å²) in [6, 6.07) is 0. The molecule has 0 aliphatic carbocycles. The first kappa shape index (κ1) is 17.6. The molecule has 0 saturated heterocycles. The maximum atomic E-state index is 11.1. The molecule has 19 heavy (non-hydrogen) atoms. The molecule has 5 heteroatoms. The Bertz CT molecular complexity index is 298. The zero-order chi connectivity index (χ0) is 14.7. The van der Waals surface area contributed by atoms with Crippen LogP contribution in [0.4, 0.5) is 0 Å². The molecular formula is C14H24O5. The number of carbonyl (C=O) groups excluding carboxylic acids is 1. The largest absolute Gasteiger partial charge is 0.478 e. The second kappa shape index (κ2) is 10.6. The molecule has 0 radical (unpaired) electrons. The van der Waals surface area contributed by atoms with E-state index in [1.807, 2.05) is 0 Å². The van der Waals surface area contributed by atoms with Crippen molar-refractivity contribution in [2.24, 2.45) is 5.92 Å². The molecule has 0 bridgehead atoms. The number of esters is 1. The van der Waals surface area contributed by atoms with Crippen LogP contribution < -0.4 is 0 Å². The summed E-state index contributed by atoms with van der Waals surface area (Å²) in [6.07, 6.45) is 5.78. The van der Waals surface area contributed by atoms with Crippen molar-refractivity contribution < 1.29 is 24.5 Å². The highest BCUT2D eigenvalue weighted by Crippen LogP contribution is 2.18. The van der Waals surface area contributed by atoms with Gasteiger partial charge in [0.1, 0.15) is 6.61 Å². The summed E-state index contributed by atoms with van der Waals surface area (Å²) in [7, 11) is 0. The maximum Gasteiger partial charge on any atom is 0.331 e. The highest BCUT2D eigenvalue weighted by molar-refractivity contribution is 5.90. The van der Waals surface area contributed by atoms with E-state index in [0.29, 0.717) is 18.4 Å². The molecule has 0 amide bonds. The van der Waals surface area contributed by atoms with Gasteiger partial charge in [0.05, 0.1) is 6.10 Å². The van der Waals surface area contributed by atoms with Crippen LogP contribution in [0.25, 0.3) is 0 Å². The van der Waals surface area contributed by atoms with E-state index in [-0.39, 0.29) is 6.61 Å². The fourth-order valence-electron chi connectivity index (χ4n) is 1.80. The van der Waals surface area contributed by atoms with Gasteiger partial charge in [0.15, 0.2) is 0 Å². The molecular weight excluding hydrogens is 248 g/mol. The van der Waals surface area contributed by atoms with Crippen LogP contribution in [0.3, 0.4) is 0 Å². The van der Waals surface area contributed by atoms with Crippen LogP contribution in [0.15, 0.2) is 12.2 Å². The number of rotatable bonds is 10. The van der Waals surface area contributed by atoms with Crippen LogP contribution >= 0.6 is 0 Å². The Morgan fingerprint density at radius 3 is 2.47 bits per heavy atom. The van der Waals surface area contributed by atoms with E-state index in [0.717, 1.165) is 31.8 Å². The topological polar surface area (TPSA) is 83.8 Å².